The smallest absolute Gasteiger partial charge is 0.315 e. The summed E-state index contributed by atoms with van der Waals surface area (Å²) in [6.45, 7) is 8.35. The van der Waals surface area contributed by atoms with Crippen LogP contribution >= 0.6 is 0 Å². The van der Waals surface area contributed by atoms with Gasteiger partial charge < -0.3 is 10.6 Å². The van der Waals surface area contributed by atoms with Gasteiger partial charge in [-0.1, -0.05) is 13.3 Å². The molecular formula is C16H28N4O. The van der Waals surface area contributed by atoms with E-state index in [9.17, 15) is 4.79 Å². The number of rotatable bonds is 4. The quantitative estimate of drug-likeness (QED) is 0.895. The maximum atomic E-state index is 12.1. The van der Waals surface area contributed by atoms with Crippen molar-refractivity contribution >= 4 is 6.03 Å². The number of carbonyl (C=O) groups excluding carboxylic acids is 1. The SMILES string of the molecule is Cc1nn(C)c(C)c1C[C@H](C)NC(=O)N[C@H]1CCC[C@H]1C. The summed E-state index contributed by atoms with van der Waals surface area (Å²) in [6.07, 6.45) is 4.35. The normalized spacial score (nSPS) is 23.1. The second-order valence-corrected chi connectivity index (χ2v) is 6.51. The second kappa shape index (κ2) is 6.50. The van der Waals surface area contributed by atoms with Gasteiger partial charge in [0.15, 0.2) is 0 Å². The van der Waals surface area contributed by atoms with Crippen molar-refractivity contribution in [2.24, 2.45) is 13.0 Å². The average molecular weight is 292 g/mol. The van der Waals surface area contributed by atoms with Crippen molar-refractivity contribution in [1.29, 1.82) is 0 Å². The van der Waals surface area contributed by atoms with E-state index in [-0.39, 0.29) is 12.1 Å². The second-order valence-electron chi connectivity index (χ2n) is 6.51. The molecule has 21 heavy (non-hydrogen) atoms. The van der Waals surface area contributed by atoms with E-state index in [1.54, 1.807) is 0 Å². The highest BCUT2D eigenvalue weighted by molar-refractivity contribution is 5.74. The predicted molar refractivity (Wildman–Crippen MR) is 84.3 cm³/mol. The van der Waals surface area contributed by atoms with Crippen molar-refractivity contribution in [2.45, 2.75) is 65.5 Å². The molecule has 1 aliphatic carbocycles. The van der Waals surface area contributed by atoms with E-state index in [1.165, 1.54) is 24.1 Å². The van der Waals surface area contributed by atoms with Crippen LogP contribution in [0, 0.1) is 19.8 Å². The molecule has 1 aromatic heterocycles. The molecule has 1 saturated carbocycles. The topological polar surface area (TPSA) is 59.0 Å². The van der Waals surface area contributed by atoms with Gasteiger partial charge in [-0.15, -0.1) is 0 Å². The third kappa shape index (κ3) is 3.77. The van der Waals surface area contributed by atoms with Crippen LogP contribution in [0.25, 0.3) is 0 Å². The lowest BCUT2D eigenvalue weighted by Crippen LogP contribution is -2.46. The molecule has 2 N–H and O–H groups in total. The van der Waals surface area contributed by atoms with Gasteiger partial charge in [-0.2, -0.15) is 5.10 Å². The van der Waals surface area contributed by atoms with Gasteiger partial charge >= 0.3 is 6.03 Å². The van der Waals surface area contributed by atoms with Gasteiger partial charge in [0.25, 0.3) is 0 Å². The fourth-order valence-electron chi connectivity index (χ4n) is 3.26. The molecule has 1 aromatic rings. The Bertz CT molecular complexity index is 509. The fourth-order valence-corrected chi connectivity index (χ4v) is 3.26. The summed E-state index contributed by atoms with van der Waals surface area (Å²) in [4.78, 5) is 12.1. The Hall–Kier alpha value is -1.52. The lowest BCUT2D eigenvalue weighted by Gasteiger charge is -2.20. The zero-order valence-electron chi connectivity index (χ0n) is 13.9. The van der Waals surface area contributed by atoms with Crippen LogP contribution in [0.2, 0.25) is 0 Å². The monoisotopic (exact) mass is 292 g/mol. The predicted octanol–water partition coefficient (Wildman–Crippen LogP) is 2.46. The van der Waals surface area contributed by atoms with E-state index >= 15 is 0 Å². The van der Waals surface area contributed by atoms with Crippen molar-refractivity contribution in [3.05, 3.63) is 17.0 Å². The first-order valence-corrected chi connectivity index (χ1v) is 7.94. The molecule has 2 rings (SSSR count). The summed E-state index contributed by atoms with van der Waals surface area (Å²) < 4.78 is 1.90. The van der Waals surface area contributed by atoms with Crippen LogP contribution in [0.3, 0.4) is 0 Å². The molecule has 3 atom stereocenters. The molecule has 2 amide bonds. The lowest BCUT2D eigenvalue weighted by atomic mass is 10.1. The molecule has 0 aromatic carbocycles. The Morgan fingerprint density at radius 1 is 1.43 bits per heavy atom. The number of nitrogens with zero attached hydrogens (tertiary/aromatic N) is 2. The number of aromatic nitrogens is 2. The third-order valence-electron chi connectivity index (χ3n) is 4.72. The van der Waals surface area contributed by atoms with Gasteiger partial charge in [-0.25, -0.2) is 4.79 Å². The zero-order valence-corrected chi connectivity index (χ0v) is 13.9. The summed E-state index contributed by atoms with van der Waals surface area (Å²) in [5.41, 5.74) is 3.46. The highest BCUT2D eigenvalue weighted by atomic mass is 16.2. The molecule has 1 fully saturated rings. The van der Waals surface area contributed by atoms with Gasteiger partial charge in [0.1, 0.15) is 0 Å². The van der Waals surface area contributed by atoms with E-state index in [2.05, 4.69) is 29.6 Å². The lowest BCUT2D eigenvalue weighted by molar-refractivity contribution is 0.231. The molecular weight excluding hydrogens is 264 g/mol. The number of urea groups is 1. The van der Waals surface area contributed by atoms with E-state index in [1.807, 2.05) is 25.6 Å². The van der Waals surface area contributed by atoms with Crippen LogP contribution in [-0.2, 0) is 13.5 Å². The van der Waals surface area contributed by atoms with Crippen LogP contribution in [-0.4, -0.2) is 27.9 Å². The number of hydrogen-bond donors (Lipinski definition) is 2. The maximum absolute atomic E-state index is 12.1. The molecule has 0 unspecified atom stereocenters. The molecule has 0 radical (unpaired) electrons. The third-order valence-corrected chi connectivity index (χ3v) is 4.72. The molecule has 5 heteroatoms. The summed E-state index contributed by atoms with van der Waals surface area (Å²) in [5.74, 6) is 0.592. The summed E-state index contributed by atoms with van der Waals surface area (Å²) in [7, 11) is 1.96. The zero-order chi connectivity index (χ0) is 15.6. The van der Waals surface area contributed by atoms with Gasteiger partial charge in [-0.3, -0.25) is 4.68 Å². The Kier molecular flexibility index (Phi) is 4.91. The number of hydrogen-bond acceptors (Lipinski definition) is 2. The molecule has 1 heterocycles. The summed E-state index contributed by atoms with van der Waals surface area (Å²) in [5, 5.41) is 10.6. The van der Waals surface area contributed by atoms with Crippen LogP contribution in [0.1, 0.15) is 50.1 Å². The number of carbonyl (C=O) groups is 1. The van der Waals surface area contributed by atoms with Gasteiger partial charge in [0.2, 0.25) is 0 Å². The van der Waals surface area contributed by atoms with Crippen molar-refractivity contribution in [1.82, 2.24) is 20.4 Å². The minimum absolute atomic E-state index is 0.0413. The Morgan fingerprint density at radius 2 is 2.14 bits per heavy atom. The summed E-state index contributed by atoms with van der Waals surface area (Å²) >= 11 is 0. The van der Waals surface area contributed by atoms with E-state index < -0.39 is 0 Å². The largest absolute Gasteiger partial charge is 0.335 e. The summed E-state index contributed by atoms with van der Waals surface area (Å²) in [6, 6.07) is 0.391. The Labute approximate surface area is 127 Å². The van der Waals surface area contributed by atoms with Crippen LogP contribution in [0.5, 0.6) is 0 Å². The molecule has 0 bridgehead atoms. The average Bonchev–Trinajstić information content (AvgIpc) is 2.89. The van der Waals surface area contributed by atoms with Crippen LogP contribution in [0.15, 0.2) is 0 Å². The van der Waals surface area contributed by atoms with Crippen molar-refractivity contribution < 1.29 is 4.79 Å². The Morgan fingerprint density at radius 3 is 2.67 bits per heavy atom. The molecule has 118 valence electrons. The minimum atomic E-state index is -0.0413. The highest BCUT2D eigenvalue weighted by Gasteiger charge is 2.25. The fraction of sp³-hybridized carbons (Fsp3) is 0.750. The first kappa shape index (κ1) is 15.9. The van der Waals surface area contributed by atoms with Gasteiger partial charge in [0, 0.05) is 24.8 Å². The number of nitrogens with one attached hydrogen (secondary N) is 2. The van der Waals surface area contributed by atoms with E-state index in [4.69, 9.17) is 0 Å². The Balaban J connectivity index is 1.86. The van der Waals surface area contributed by atoms with Crippen molar-refractivity contribution in [3.8, 4) is 0 Å². The maximum Gasteiger partial charge on any atom is 0.315 e. The van der Waals surface area contributed by atoms with Crippen LogP contribution < -0.4 is 10.6 Å². The highest BCUT2D eigenvalue weighted by Crippen LogP contribution is 2.24. The van der Waals surface area contributed by atoms with Gasteiger partial charge in [-0.05, 0) is 51.5 Å². The molecule has 0 saturated heterocycles. The minimum Gasteiger partial charge on any atom is -0.335 e. The van der Waals surface area contributed by atoms with E-state index in [0.29, 0.717) is 12.0 Å². The van der Waals surface area contributed by atoms with Crippen molar-refractivity contribution in [2.75, 3.05) is 0 Å². The van der Waals surface area contributed by atoms with Crippen LogP contribution in [0.4, 0.5) is 4.79 Å². The first-order valence-electron chi connectivity index (χ1n) is 7.94. The van der Waals surface area contributed by atoms with Crippen molar-refractivity contribution in [3.63, 3.8) is 0 Å². The molecule has 0 spiro atoms. The molecule has 0 aliphatic heterocycles. The molecule has 5 nitrogen and oxygen atoms in total. The van der Waals surface area contributed by atoms with Gasteiger partial charge in [0.05, 0.1) is 5.69 Å². The standard InChI is InChI=1S/C16H28N4O/c1-10-7-6-8-15(10)18-16(21)17-11(2)9-14-12(3)19-20(5)13(14)4/h10-11,15H,6-9H2,1-5H3,(H2,17,18,21)/t10-,11+,15+/m1/s1. The number of amides is 2. The molecule has 1 aliphatic rings. The van der Waals surface area contributed by atoms with E-state index in [0.717, 1.165) is 18.5 Å². The first-order chi connectivity index (χ1) is 9.88. The number of aryl methyl sites for hydroxylation is 2.